The molecule has 4 heterocycles. The molecule has 2 saturated heterocycles. The van der Waals surface area contributed by atoms with Crippen molar-refractivity contribution >= 4 is 0 Å². The molecular weight excluding hydrogens is 322 g/mol. The van der Waals surface area contributed by atoms with Crippen molar-refractivity contribution in [3.05, 3.63) is 35.5 Å². The number of hydrogen-bond donors (Lipinski definition) is 0. The third kappa shape index (κ3) is 2.77. The molecule has 0 bridgehead atoms. The Balaban J connectivity index is 1.26. The maximum absolute atomic E-state index is 6.27. The number of aryl methyl sites for hydroxylation is 1. The van der Waals surface area contributed by atoms with Crippen LogP contribution in [0.3, 0.4) is 0 Å². The van der Waals surface area contributed by atoms with E-state index in [1.807, 2.05) is 13.0 Å². The van der Waals surface area contributed by atoms with Gasteiger partial charge in [-0.05, 0) is 43.9 Å². The van der Waals surface area contributed by atoms with Gasteiger partial charge in [0.2, 0.25) is 6.79 Å². The molecule has 132 valence electrons. The second-order valence-electron chi connectivity index (χ2n) is 6.93. The lowest BCUT2D eigenvalue weighted by Gasteiger charge is -2.34. The minimum atomic E-state index is -0.0621. The molecule has 3 aliphatic rings. The highest BCUT2D eigenvalue weighted by Gasteiger charge is 2.41. The van der Waals surface area contributed by atoms with Crippen molar-refractivity contribution in [2.24, 2.45) is 0 Å². The zero-order valence-electron chi connectivity index (χ0n) is 14.2. The largest absolute Gasteiger partial charge is 0.454 e. The van der Waals surface area contributed by atoms with Crippen molar-refractivity contribution in [1.29, 1.82) is 0 Å². The molecule has 0 spiro atoms. The first-order valence-electron chi connectivity index (χ1n) is 8.84. The molecule has 1 aromatic heterocycles. The molecule has 2 fully saturated rings. The van der Waals surface area contributed by atoms with Crippen LogP contribution in [0, 0.1) is 6.92 Å². The zero-order valence-corrected chi connectivity index (χ0v) is 14.2. The van der Waals surface area contributed by atoms with Gasteiger partial charge in [-0.2, -0.15) is 4.98 Å². The Kier molecular flexibility index (Phi) is 3.64. The highest BCUT2D eigenvalue weighted by atomic mass is 16.7. The average molecular weight is 343 g/mol. The Hall–Kier alpha value is -2.12. The van der Waals surface area contributed by atoms with E-state index >= 15 is 0 Å². The molecule has 1 aromatic carbocycles. The summed E-state index contributed by atoms with van der Waals surface area (Å²) in [5.74, 6) is 2.96. The molecule has 5 rings (SSSR count). The molecule has 0 N–H and O–H groups in total. The maximum Gasteiger partial charge on any atom is 0.255 e. The van der Waals surface area contributed by atoms with Crippen LogP contribution in [0.5, 0.6) is 11.5 Å². The van der Waals surface area contributed by atoms with Crippen molar-refractivity contribution in [3.63, 3.8) is 0 Å². The SMILES string of the molecule is Cc1noc([C@@H]2CC[C@H]3[C@H](CCN3Cc3ccc4c(c3)OCO4)O2)n1. The molecule has 0 amide bonds. The number of rotatable bonds is 3. The summed E-state index contributed by atoms with van der Waals surface area (Å²) in [6.45, 7) is 4.10. The van der Waals surface area contributed by atoms with Crippen LogP contribution in [0.25, 0.3) is 0 Å². The Bertz CT molecular complexity index is 777. The van der Waals surface area contributed by atoms with Crippen LogP contribution in [0.15, 0.2) is 22.7 Å². The topological polar surface area (TPSA) is 69.9 Å². The van der Waals surface area contributed by atoms with E-state index in [1.165, 1.54) is 5.56 Å². The Morgan fingerprint density at radius 1 is 1.16 bits per heavy atom. The van der Waals surface area contributed by atoms with Crippen LogP contribution in [-0.2, 0) is 11.3 Å². The van der Waals surface area contributed by atoms with E-state index < -0.39 is 0 Å². The van der Waals surface area contributed by atoms with Crippen molar-refractivity contribution in [1.82, 2.24) is 15.0 Å². The first-order chi connectivity index (χ1) is 12.3. The molecular formula is C18H21N3O4. The molecule has 0 unspecified atom stereocenters. The minimum absolute atomic E-state index is 0.0621. The van der Waals surface area contributed by atoms with Crippen LogP contribution >= 0.6 is 0 Å². The van der Waals surface area contributed by atoms with Gasteiger partial charge in [-0.15, -0.1) is 0 Å². The van der Waals surface area contributed by atoms with Gasteiger partial charge in [-0.25, -0.2) is 0 Å². The van der Waals surface area contributed by atoms with Gasteiger partial charge in [-0.1, -0.05) is 11.2 Å². The van der Waals surface area contributed by atoms with Crippen molar-refractivity contribution in [2.45, 2.75) is 51.0 Å². The van der Waals surface area contributed by atoms with Crippen molar-refractivity contribution in [2.75, 3.05) is 13.3 Å². The summed E-state index contributed by atoms with van der Waals surface area (Å²) in [5, 5.41) is 3.88. The lowest BCUT2D eigenvalue weighted by Crippen LogP contribution is -2.40. The molecule has 0 aliphatic carbocycles. The molecule has 3 atom stereocenters. The number of aromatic nitrogens is 2. The normalized spacial score (nSPS) is 28.3. The summed E-state index contributed by atoms with van der Waals surface area (Å²) < 4.78 is 22.4. The minimum Gasteiger partial charge on any atom is -0.454 e. The van der Waals surface area contributed by atoms with E-state index in [0.717, 1.165) is 43.9 Å². The standard InChI is InChI=1S/C18H21N3O4/c1-11-19-18(25-20-11)16-5-3-13-14(24-16)6-7-21(13)9-12-2-4-15-17(8-12)23-10-22-15/h2,4,8,13-14,16H,3,5-7,9-10H2,1H3/t13-,14-,16-/m0/s1. The second-order valence-corrected chi connectivity index (χ2v) is 6.93. The van der Waals surface area contributed by atoms with Gasteiger partial charge in [-0.3, -0.25) is 4.90 Å². The summed E-state index contributed by atoms with van der Waals surface area (Å²) in [5.41, 5.74) is 1.25. The third-order valence-electron chi connectivity index (χ3n) is 5.30. The number of fused-ring (bicyclic) bond motifs is 2. The van der Waals surface area contributed by atoms with Crippen LogP contribution in [0.2, 0.25) is 0 Å². The Morgan fingerprint density at radius 2 is 2.08 bits per heavy atom. The molecule has 7 heteroatoms. The van der Waals surface area contributed by atoms with Gasteiger partial charge in [0.05, 0.1) is 6.10 Å². The van der Waals surface area contributed by atoms with Crippen molar-refractivity contribution in [3.8, 4) is 11.5 Å². The summed E-state index contributed by atoms with van der Waals surface area (Å²) >= 11 is 0. The average Bonchev–Trinajstić information content (AvgIpc) is 3.34. The van der Waals surface area contributed by atoms with Crippen LogP contribution in [0.1, 0.15) is 42.6 Å². The number of hydrogen-bond acceptors (Lipinski definition) is 7. The third-order valence-corrected chi connectivity index (χ3v) is 5.30. The number of likely N-dealkylation sites (tertiary alicyclic amines) is 1. The van der Waals surface area contributed by atoms with Crippen LogP contribution in [-0.4, -0.2) is 40.5 Å². The summed E-state index contributed by atoms with van der Waals surface area (Å²) in [6, 6.07) is 6.65. The van der Waals surface area contributed by atoms with Gasteiger partial charge < -0.3 is 18.7 Å². The van der Waals surface area contributed by atoms with E-state index in [4.69, 9.17) is 18.7 Å². The van der Waals surface area contributed by atoms with Gasteiger partial charge in [0.15, 0.2) is 17.3 Å². The lowest BCUT2D eigenvalue weighted by molar-refractivity contribution is -0.0831. The zero-order chi connectivity index (χ0) is 16.8. The van der Waals surface area contributed by atoms with Gasteiger partial charge in [0.1, 0.15) is 6.10 Å². The van der Waals surface area contributed by atoms with Crippen molar-refractivity contribution < 1.29 is 18.7 Å². The molecule has 7 nitrogen and oxygen atoms in total. The van der Waals surface area contributed by atoms with E-state index in [9.17, 15) is 0 Å². The highest BCUT2D eigenvalue weighted by molar-refractivity contribution is 5.44. The monoisotopic (exact) mass is 343 g/mol. The van der Waals surface area contributed by atoms with Crippen LogP contribution in [0.4, 0.5) is 0 Å². The van der Waals surface area contributed by atoms with E-state index in [0.29, 0.717) is 24.5 Å². The number of nitrogens with zero attached hydrogens (tertiary/aromatic N) is 3. The smallest absolute Gasteiger partial charge is 0.255 e. The lowest BCUT2D eigenvalue weighted by atomic mass is 9.98. The quantitative estimate of drug-likeness (QED) is 0.848. The fourth-order valence-electron chi connectivity index (χ4n) is 4.11. The molecule has 3 aliphatic heterocycles. The predicted molar refractivity (Wildman–Crippen MR) is 87.3 cm³/mol. The van der Waals surface area contributed by atoms with Gasteiger partial charge in [0, 0.05) is 19.1 Å². The summed E-state index contributed by atoms with van der Waals surface area (Å²) in [4.78, 5) is 6.84. The van der Waals surface area contributed by atoms with Crippen LogP contribution < -0.4 is 9.47 Å². The van der Waals surface area contributed by atoms with E-state index in [-0.39, 0.29) is 12.2 Å². The molecule has 0 saturated carbocycles. The Labute approximate surface area is 145 Å². The Morgan fingerprint density at radius 3 is 2.96 bits per heavy atom. The molecule has 2 aromatic rings. The van der Waals surface area contributed by atoms with E-state index in [1.54, 1.807) is 0 Å². The number of ether oxygens (including phenoxy) is 3. The fraction of sp³-hybridized carbons (Fsp3) is 0.556. The molecule has 0 radical (unpaired) electrons. The van der Waals surface area contributed by atoms with Gasteiger partial charge >= 0.3 is 0 Å². The summed E-state index contributed by atoms with van der Waals surface area (Å²) in [7, 11) is 0. The maximum atomic E-state index is 6.27. The summed E-state index contributed by atoms with van der Waals surface area (Å²) in [6.07, 6.45) is 3.22. The first-order valence-corrected chi connectivity index (χ1v) is 8.84. The highest BCUT2D eigenvalue weighted by Crippen LogP contribution is 2.39. The predicted octanol–water partition coefficient (Wildman–Crippen LogP) is 2.60. The number of benzene rings is 1. The molecule has 25 heavy (non-hydrogen) atoms. The second kappa shape index (κ2) is 6.00. The fourth-order valence-corrected chi connectivity index (χ4v) is 4.11. The first kappa shape index (κ1) is 15.2. The van der Waals surface area contributed by atoms with Gasteiger partial charge in [0.25, 0.3) is 5.89 Å². The van der Waals surface area contributed by atoms with E-state index in [2.05, 4.69) is 27.2 Å².